The third-order valence-electron chi connectivity index (χ3n) is 3.44. The zero-order chi connectivity index (χ0) is 12.8. The van der Waals surface area contributed by atoms with Gasteiger partial charge in [0.1, 0.15) is 5.54 Å². The molecule has 0 bridgehead atoms. The Bertz CT molecular complexity index is 404. The Kier molecular flexibility index (Phi) is 2.72. The number of alkyl halides is 3. The molecule has 1 unspecified atom stereocenters. The third kappa shape index (κ3) is 1.84. The topological polar surface area (TPSA) is 43.8 Å². The number of halogens is 3. The largest absolute Gasteiger partial charge is 0.411 e. The Morgan fingerprint density at radius 1 is 1.41 bits per heavy atom. The number of hydrogen-bond donors (Lipinski definition) is 1. The van der Waals surface area contributed by atoms with E-state index in [9.17, 15) is 13.2 Å². The molecule has 0 aromatic carbocycles. The van der Waals surface area contributed by atoms with Gasteiger partial charge < -0.3 is 10.3 Å². The van der Waals surface area contributed by atoms with Crippen LogP contribution in [0, 0.1) is 5.92 Å². The molecule has 0 aliphatic heterocycles. The number of imidazole rings is 1. The predicted octanol–water partition coefficient (Wildman–Crippen LogP) is 2.59. The first-order valence-corrected chi connectivity index (χ1v) is 5.64. The highest BCUT2D eigenvalue weighted by Crippen LogP contribution is 2.56. The van der Waals surface area contributed by atoms with Crippen molar-refractivity contribution < 1.29 is 13.2 Å². The zero-order valence-corrected chi connectivity index (χ0v) is 9.83. The van der Waals surface area contributed by atoms with Gasteiger partial charge >= 0.3 is 6.18 Å². The lowest BCUT2D eigenvalue weighted by molar-refractivity contribution is -0.180. The van der Waals surface area contributed by atoms with Crippen LogP contribution in [-0.4, -0.2) is 15.7 Å². The zero-order valence-electron chi connectivity index (χ0n) is 9.83. The fourth-order valence-corrected chi connectivity index (χ4v) is 2.03. The van der Waals surface area contributed by atoms with Crippen molar-refractivity contribution in [1.29, 1.82) is 0 Å². The van der Waals surface area contributed by atoms with Crippen LogP contribution in [0.4, 0.5) is 13.2 Å². The molecule has 0 saturated heterocycles. The second kappa shape index (κ2) is 3.73. The maximum absolute atomic E-state index is 13.0. The van der Waals surface area contributed by atoms with Gasteiger partial charge in [-0.2, -0.15) is 13.2 Å². The molecule has 0 amide bonds. The standard InChI is InChI=1S/C11H16F3N3/c1-7(2)9(15)8-5-16-6-17(8)10(3-4-10)11(12,13)14/h5-7,9H,3-4,15H2,1-2H3. The molecule has 1 aromatic rings. The van der Waals surface area contributed by atoms with Crippen molar-refractivity contribution >= 4 is 0 Å². The Labute approximate surface area is 97.8 Å². The molecule has 0 radical (unpaired) electrons. The first-order valence-electron chi connectivity index (χ1n) is 5.64. The van der Waals surface area contributed by atoms with E-state index in [0.29, 0.717) is 5.69 Å². The summed E-state index contributed by atoms with van der Waals surface area (Å²) < 4.78 is 40.3. The van der Waals surface area contributed by atoms with E-state index in [1.54, 1.807) is 0 Å². The van der Waals surface area contributed by atoms with Crippen molar-refractivity contribution in [3.63, 3.8) is 0 Å². The minimum Gasteiger partial charge on any atom is -0.322 e. The number of nitrogens with zero attached hydrogens (tertiary/aromatic N) is 2. The highest BCUT2D eigenvalue weighted by atomic mass is 19.4. The fourth-order valence-electron chi connectivity index (χ4n) is 2.03. The molecule has 1 heterocycles. The Hall–Kier alpha value is -1.04. The summed E-state index contributed by atoms with van der Waals surface area (Å²) in [4.78, 5) is 3.83. The molecule has 0 spiro atoms. The molecule has 1 atom stereocenters. The smallest absolute Gasteiger partial charge is 0.322 e. The molecule has 2 N–H and O–H groups in total. The summed E-state index contributed by atoms with van der Waals surface area (Å²) in [5, 5.41) is 0. The van der Waals surface area contributed by atoms with E-state index in [1.165, 1.54) is 17.1 Å². The summed E-state index contributed by atoms with van der Waals surface area (Å²) in [5.41, 5.74) is 4.63. The van der Waals surface area contributed by atoms with Crippen molar-refractivity contribution in [2.24, 2.45) is 11.7 Å². The van der Waals surface area contributed by atoms with Crippen LogP contribution in [-0.2, 0) is 5.54 Å². The predicted molar refractivity (Wildman–Crippen MR) is 57.3 cm³/mol. The minimum atomic E-state index is -4.24. The van der Waals surface area contributed by atoms with Crippen LogP contribution in [0.3, 0.4) is 0 Å². The van der Waals surface area contributed by atoms with E-state index < -0.39 is 17.8 Å². The van der Waals surface area contributed by atoms with E-state index in [0.717, 1.165) is 0 Å². The first kappa shape index (κ1) is 12.4. The molecule has 1 aromatic heterocycles. The summed E-state index contributed by atoms with van der Waals surface area (Å²) in [6.45, 7) is 3.77. The van der Waals surface area contributed by atoms with Gasteiger partial charge in [0.05, 0.1) is 12.0 Å². The van der Waals surface area contributed by atoms with Gasteiger partial charge in [-0.3, -0.25) is 0 Å². The molecular formula is C11H16F3N3. The van der Waals surface area contributed by atoms with Crippen LogP contribution in [0.1, 0.15) is 38.4 Å². The maximum atomic E-state index is 13.0. The van der Waals surface area contributed by atoms with Gasteiger partial charge in [-0.1, -0.05) is 13.8 Å². The first-order chi connectivity index (χ1) is 7.79. The van der Waals surface area contributed by atoms with Gasteiger partial charge in [-0.05, 0) is 18.8 Å². The average Bonchev–Trinajstić information content (AvgIpc) is 2.89. The molecule has 6 heteroatoms. The lowest BCUT2D eigenvalue weighted by atomic mass is 10.0. The Morgan fingerprint density at radius 3 is 2.41 bits per heavy atom. The van der Waals surface area contributed by atoms with E-state index in [-0.39, 0.29) is 18.8 Å². The van der Waals surface area contributed by atoms with Crippen LogP contribution < -0.4 is 5.73 Å². The van der Waals surface area contributed by atoms with E-state index in [2.05, 4.69) is 4.98 Å². The molecule has 3 nitrogen and oxygen atoms in total. The van der Waals surface area contributed by atoms with Crippen molar-refractivity contribution in [2.45, 2.75) is 44.4 Å². The second-order valence-electron chi connectivity index (χ2n) is 4.99. The van der Waals surface area contributed by atoms with Crippen LogP contribution in [0.15, 0.2) is 12.5 Å². The normalized spacial score (nSPS) is 20.6. The highest BCUT2D eigenvalue weighted by Gasteiger charge is 2.65. The monoisotopic (exact) mass is 247 g/mol. The van der Waals surface area contributed by atoms with E-state index in [1.807, 2.05) is 13.8 Å². The van der Waals surface area contributed by atoms with Crippen LogP contribution in [0.5, 0.6) is 0 Å². The molecule has 1 aliphatic rings. The highest BCUT2D eigenvalue weighted by molar-refractivity contribution is 5.16. The molecule has 2 rings (SSSR count). The fraction of sp³-hybridized carbons (Fsp3) is 0.727. The quantitative estimate of drug-likeness (QED) is 0.892. The molecule has 1 fully saturated rings. The summed E-state index contributed by atoms with van der Waals surface area (Å²) >= 11 is 0. The van der Waals surface area contributed by atoms with Gasteiger partial charge in [0.2, 0.25) is 0 Å². The Morgan fingerprint density at radius 2 is 2.00 bits per heavy atom. The van der Waals surface area contributed by atoms with Crippen LogP contribution >= 0.6 is 0 Å². The number of rotatable bonds is 3. The van der Waals surface area contributed by atoms with Gasteiger partial charge in [0.15, 0.2) is 0 Å². The summed E-state index contributed by atoms with van der Waals surface area (Å²) in [6, 6.07) is -0.419. The van der Waals surface area contributed by atoms with Crippen molar-refractivity contribution in [1.82, 2.24) is 9.55 Å². The van der Waals surface area contributed by atoms with Crippen molar-refractivity contribution in [3.05, 3.63) is 18.2 Å². The SMILES string of the molecule is CC(C)C(N)c1cncn1C1(C(F)(F)F)CC1. The molecule has 1 saturated carbocycles. The van der Waals surface area contributed by atoms with Gasteiger partial charge in [-0.15, -0.1) is 0 Å². The van der Waals surface area contributed by atoms with Gasteiger partial charge in [-0.25, -0.2) is 4.98 Å². The lowest BCUT2D eigenvalue weighted by Gasteiger charge is -2.26. The van der Waals surface area contributed by atoms with Crippen molar-refractivity contribution in [2.75, 3.05) is 0 Å². The van der Waals surface area contributed by atoms with Gasteiger partial charge in [0.25, 0.3) is 0 Å². The lowest BCUT2D eigenvalue weighted by Crippen LogP contribution is -2.37. The number of nitrogens with two attached hydrogens (primary N) is 1. The summed E-state index contributed by atoms with van der Waals surface area (Å²) in [5.74, 6) is 0.0782. The summed E-state index contributed by atoms with van der Waals surface area (Å²) in [7, 11) is 0. The summed E-state index contributed by atoms with van der Waals surface area (Å²) in [6.07, 6.45) is -1.32. The van der Waals surface area contributed by atoms with E-state index >= 15 is 0 Å². The molecule has 17 heavy (non-hydrogen) atoms. The average molecular weight is 247 g/mol. The number of hydrogen-bond acceptors (Lipinski definition) is 2. The molecule has 96 valence electrons. The van der Waals surface area contributed by atoms with Crippen molar-refractivity contribution in [3.8, 4) is 0 Å². The minimum absolute atomic E-state index is 0.0782. The maximum Gasteiger partial charge on any atom is 0.411 e. The number of aromatic nitrogens is 2. The molecular weight excluding hydrogens is 231 g/mol. The van der Waals surface area contributed by atoms with Gasteiger partial charge in [0, 0.05) is 12.2 Å². The second-order valence-corrected chi connectivity index (χ2v) is 4.99. The van der Waals surface area contributed by atoms with Crippen LogP contribution in [0.25, 0.3) is 0 Å². The van der Waals surface area contributed by atoms with E-state index in [4.69, 9.17) is 5.73 Å². The Balaban J connectivity index is 2.39. The van der Waals surface area contributed by atoms with Crippen LogP contribution in [0.2, 0.25) is 0 Å². The molecule has 1 aliphatic carbocycles. The third-order valence-corrected chi connectivity index (χ3v) is 3.44.